The van der Waals surface area contributed by atoms with Crippen molar-refractivity contribution in [2.24, 2.45) is 5.73 Å². The van der Waals surface area contributed by atoms with Crippen molar-refractivity contribution in [1.29, 1.82) is 0 Å². The van der Waals surface area contributed by atoms with E-state index in [-0.39, 0.29) is 12.1 Å². The first-order chi connectivity index (χ1) is 7.59. The van der Waals surface area contributed by atoms with E-state index < -0.39 is 0 Å². The summed E-state index contributed by atoms with van der Waals surface area (Å²) < 4.78 is 0. The van der Waals surface area contributed by atoms with Gasteiger partial charge in [-0.3, -0.25) is 4.90 Å². The van der Waals surface area contributed by atoms with Crippen LogP contribution in [0.25, 0.3) is 0 Å². The van der Waals surface area contributed by atoms with Crippen molar-refractivity contribution in [3.63, 3.8) is 0 Å². The summed E-state index contributed by atoms with van der Waals surface area (Å²) >= 11 is 0. The number of rotatable bonds is 2. The minimum absolute atomic E-state index is 0.176. The fourth-order valence-electron chi connectivity index (χ4n) is 2.16. The van der Waals surface area contributed by atoms with Gasteiger partial charge in [-0.2, -0.15) is 0 Å². The van der Waals surface area contributed by atoms with E-state index in [1.807, 2.05) is 25.1 Å². The third-order valence-electron chi connectivity index (χ3n) is 3.06. The third-order valence-corrected chi connectivity index (χ3v) is 3.06. The number of likely N-dealkylation sites (N-methyl/N-ethyl adjacent to an activating group) is 1. The number of anilines is 1. The molecule has 1 aromatic heterocycles. The van der Waals surface area contributed by atoms with Gasteiger partial charge in [0.25, 0.3) is 0 Å². The van der Waals surface area contributed by atoms with Gasteiger partial charge in [-0.25, -0.2) is 9.97 Å². The summed E-state index contributed by atoms with van der Waals surface area (Å²) in [4.78, 5) is 12.9. The Kier molecular flexibility index (Phi) is 3.07. The van der Waals surface area contributed by atoms with Crippen LogP contribution in [0.5, 0.6) is 0 Å². The summed E-state index contributed by atoms with van der Waals surface area (Å²) in [5, 5.41) is 0. The van der Waals surface area contributed by atoms with Gasteiger partial charge < -0.3 is 10.6 Å². The molecule has 1 aliphatic heterocycles. The summed E-state index contributed by atoms with van der Waals surface area (Å²) in [7, 11) is 5.98. The number of hydrogen-bond acceptors (Lipinski definition) is 5. The molecule has 1 aromatic rings. The standard InChI is InChI=1S/C11H19N5/c1-15(2)11-13-6-4-9(14-11)10-8(12)5-7-16(10)3/h4,6,8,10H,5,7,12H2,1-3H3. The maximum Gasteiger partial charge on any atom is 0.225 e. The molecule has 1 fully saturated rings. The second-order valence-electron chi connectivity index (χ2n) is 4.55. The Bertz CT molecular complexity index is 355. The van der Waals surface area contributed by atoms with Crippen LogP contribution in [0.3, 0.4) is 0 Å². The zero-order chi connectivity index (χ0) is 11.7. The molecule has 0 bridgehead atoms. The van der Waals surface area contributed by atoms with Crippen molar-refractivity contribution in [2.75, 3.05) is 32.6 Å². The highest BCUT2D eigenvalue weighted by Gasteiger charge is 2.31. The number of hydrogen-bond donors (Lipinski definition) is 1. The van der Waals surface area contributed by atoms with Gasteiger partial charge in [0.05, 0.1) is 11.7 Å². The summed E-state index contributed by atoms with van der Waals surface area (Å²) in [5.74, 6) is 0.741. The van der Waals surface area contributed by atoms with Crippen LogP contribution in [-0.2, 0) is 0 Å². The van der Waals surface area contributed by atoms with Crippen molar-refractivity contribution in [1.82, 2.24) is 14.9 Å². The molecule has 0 saturated carbocycles. The van der Waals surface area contributed by atoms with Crippen LogP contribution in [-0.4, -0.2) is 48.6 Å². The Balaban J connectivity index is 2.29. The largest absolute Gasteiger partial charge is 0.347 e. The van der Waals surface area contributed by atoms with Crippen LogP contribution >= 0.6 is 0 Å². The number of nitrogens with two attached hydrogens (primary N) is 1. The highest BCUT2D eigenvalue weighted by molar-refractivity contribution is 5.28. The van der Waals surface area contributed by atoms with E-state index in [9.17, 15) is 0 Å². The van der Waals surface area contributed by atoms with E-state index in [0.717, 1.165) is 24.6 Å². The van der Waals surface area contributed by atoms with Crippen LogP contribution in [0, 0.1) is 0 Å². The SMILES string of the molecule is CN(C)c1nccc(C2C(N)CCN2C)n1. The number of likely N-dealkylation sites (tertiary alicyclic amines) is 1. The molecule has 5 heteroatoms. The van der Waals surface area contributed by atoms with Gasteiger partial charge in [0.1, 0.15) is 0 Å². The van der Waals surface area contributed by atoms with E-state index in [1.54, 1.807) is 6.20 Å². The molecule has 2 atom stereocenters. The molecule has 1 saturated heterocycles. The van der Waals surface area contributed by atoms with E-state index >= 15 is 0 Å². The Morgan fingerprint density at radius 1 is 1.50 bits per heavy atom. The van der Waals surface area contributed by atoms with Gasteiger partial charge in [-0.15, -0.1) is 0 Å². The van der Waals surface area contributed by atoms with Crippen molar-refractivity contribution in [2.45, 2.75) is 18.5 Å². The summed E-state index contributed by atoms with van der Waals surface area (Å²) in [6.45, 7) is 1.03. The van der Waals surface area contributed by atoms with Crippen molar-refractivity contribution < 1.29 is 0 Å². The molecule has 88 valence electrons. The zero-order valence-corrected chi connectivity index (χ0v) is 10.1. The average Bonchev–Trinajstić information content (AvgIpc) is 2.59. The van der Waals surface area contributed by atoms with Crippen molar-refractivity contribution in [3.05, 3.63) is 18.0 Å². The van der Waals surface area contributed by atoms with Crippen molar-refractivity contribution >= 4 is 5.95 Å². The molecule has 1 aliphatic rings. The van der Waals surface area contributed by atoms with E-state index in [1.165, 1.54) is 0 Å². The van der Waals surface area contributed by atoms with Gasteiger partial charge in [-0.1, -0.05) is 0 Å². The Morgan fingerprint density at radius 3 is 2.81 bits per heavy atom. The first kappa shape index (κ1) is 11.3. The molecule has 2 rings (SSSR count). The molecule has 5 nitrogen and oxygen atoms in total. The predicted molar refractivity (Wildman–Crippen MR) is 64.3 cm³/mol. The minimum Gasteiger partial charge on any atom is -0.347 e. The summed E-state index contributed by atoms with van der Waals surface area (Å²) in [6, 6.07) is 2.36. The average molecular weight is 221 g/mol. The minimum atomic E-state index is 0.176. The first-order valence-electron chi connectivity index (χ1n) is 5.55. The Labute approximate surface area is 96.3 Å². The van der Waals surface area contributed by atoms with Gasteiger partial charge in [0.15, 0.2) is 0 Å². The second kappa shape index (κ2) is 4.35. The van der Waals surface area contributed by atoms with Gasteiger partial charge in [0.2, 0.25) is 5.95 Å². The molecule has 16 heavy (non-hydrogen) atoms. The molecule has 0 aliphatic carbocycles. The third kappa shape index (κ3) is 2.01. The molecule has 0 aromatic carbocycles. The molecular formula is C11H19N5. The lowest BCUT2D eigenvalue weighted by atomic mass is 10.1. The van der Waals surface area contributed by atoms with Crippen molar-refractivity contribution in [3.8, 4) is 0 Å². The Morgan fingerprint density at radius 2 is 2.25 bits per heavy atom. The topological polar surface area (TPSA) is 58.3 Å². The second-order valence-corrected chi connectivity index (χ2v) is 4.55. The first-order valence-corrected chi connectivity index (χ1v) is 5.55. The highest BCUT2D eigenvalue weighted by atomic mass is 15.2. The van der Waals surface area contributed by atoms with E-state index in [2.05, 4.69) is 21.9 Å². The molecule has 2 heterocycles. The molecular weight excluding hydrogens is 202 g/mol. The molecule has 2 unspecified atom stereocenters. The predicted octanol–water partition coefficient (Wildman–Crippen LogP) is 0.247. The normalized spacial score (nSPS) is 26.0. The molecule has 0 amide bonds. The summed E-state index contributed by atoms with van der Waals surface area (Å²) in [6.07, 6.45) is 2.83. The number of aromatic nitrogens is 2. The Hall–Kier alpha value is -1.20. The van der Waals surface area contributed by atoms with Gasteiger partial charge in [-0.05, 0) is 19.5 Å². The fourth-order valence-corrected chi connectivity index (χ4v) is 2.16. The van der Waals surface area contributed by atoms with Crippen LogP contribution < -0.4 is 10.6 Å². The van der Waals surface area contributed by atoms with Crippen LogP contribution in [0.2, 0.25) is 0 Å². The lowest BCUT2D eigenvalue weighted by molar-refractivity contribution is 0.298. The maximum absolute atomic E-state index is 6.11. The fraction of sp³-hybridized carbons (Fsp3) is 0.636. The molecule has 0 spiro atoms. The lowest BCUT2D eigenvalue weighted by Gasteiger charge is -2.23. The van der Waals surface area contributed by atoms with Crippen LogP contribution in [0.15, 0.2) is 12.3 Å². The highest BCUT2D eigenvalue weighted by Crippen LogP contribution is 2.28. The van der Waals surface area contributed by atoms with Gasteiger partial charge in [0, 0.05) is 32.9 Å². The van der Waals surface area contributed by atoms with E-state index in [4.69, 9.17) is 5.73 Å². The maximum atomic E-state index is 6.11. The molecule has 0 radical (unpaired) electrons. The number of nitrogens with zero attached hydrogens (tertiary/aromatic N) is 4. The lowest BCUT2D eigenvalue weighted by Crippen LogP contribution is -2.30. The quantitative estimate of drug-likeness (QED) is 0.775. The van der Waals surface area contributed by atoms with E-state index in [0.29, 0.717) is 0 Å². The summed E-state index contributed by atoms with van der Waals surface area (Å²) in [5.41, 5.74) is 7.13. The monoisotopic (exact) mass is 221 g/mol. The molecule has 2 N–H and O–H groups in total. The van der Waals surface area contributed by atoms with Gasteiger partial charge >= 0.3 is 0 Å². The smallest absolute Gasteiger partial charge is 0.225 e. The zero-order valence-electron chi connectivity index (χ0n) is 10.1. The van der Waals surface area contributed by atoms with Crippen LogP contribution in [0.1, 0.15) is 18.2 Å². The van der Waals surface area contributed by atoms with Crippen LogP contribution in [0.4, 0.5) is 5.95 Å².